The van der Waals surface area contributed by atoms with Crippen molar-refractivity contribution in [2.75, 3.05) is 6.61 Å². The molecule has 0 saturated carbocycles. The lowest BCUT2D eigenvalue weighted by molar-refractivity contribution is -0.139. The Kier molecular flexibility index (Phi) is 7.05. The van der Waals surface area contributed by atoms with Gasteiger partial charge < -0.3 is 15.2 Å². The fraction of sp³-hybridized carbons (Fsp3) is 0.600. The van der Waals surface area contributed by atoms with Gasteiger partial charge in [0, 0.05) is 0 Å². The van der Waals surface area contributed by atoms with E-state index >= 15 is 0 Å². The van der Waals surface area contributed by atoms with E-state index in [4.69, 9.17) is 9.84 Å². The summed E-state index contributed by atoms with van der Waals surface area (Å²) in [7, 11) is 0. The first kappa shape index (κ1) is 13.5. The Morgan fingerprint density at radius 2 is 2.27 bits per heavy atom. The molecule has 0 aliphatic rings. The number of unbranched alkanes of at least 4 members (excludes halogenated alkanes) is 1. The molecule has 1 atom stereocenters. The Hall–Kier alpha value is -1.52. The highest BCUT2D eigenvalue weighted by atomic mass is 16.5. The van der Waals surface area contributed by atoms with Crippen molar-refractivity contribution in [2.45, 2.75) is 32.2 Å². The largest absolute Gasteiger partial charge is 0.480 e. The van der Waals surface area contributed by atoms with Crippen molar-refractivity contribution in [1.82, 2.24) is 5.32 Å². The smallest absolute Gasteiger partial charge is 0.407 e. The summed E-state index contributed by atoms with van der Waals surface area (Å²) < 4.78 is 4.76. The van der Waals surface area contributed by atoms with Gasteiger partial charge >= 0.3 is 12.1 Å². The molecular formula is C10H17NO4. The van der Waals surface area contributed by atoms with Crippen molar-refractivity contribution < 1.29 is 19.4 Å². The van der Waals surface area contributed by atoms with Crippen LogP contribution >= 0.6 is 0 Å². The van der Waals surface area contributed by atoms with E-state index in [1.54, 1.807) is 0 Å². The molecule has 0 aromatic rings. The van der Waals surface area contributed by atoms with Crippen molar-refractivity contribution in [3.63, 3.8) is 0 Å². The maximum Gasteiger partial charge on any atom is 0.407 e. The first-order valence-electron chi connectivity index (χ1n) is 4.88. The molecule has 1 unspecified atom stereocenters. The van der Waals surface area contributed by atoms with Crippen LogP contribution in [-0.4, -0.2) is 29.8 Å². The summed E-state index contributed by atoms with van der Waals surface area (Å²) in [5, 5.41) is 11.0. The van der Waals surface area contributed by atoms with Crippen LogP contribution in [0.5, 0.6) is 0 Å². The molecule has 2 N–H and O–H groups in total. The van der Waals surface area contributed by atoms with Crippen LogP contribution in [0.25, 0.3) is 0 Å². The van der Waals surface area contributed by atoms with Crippen LogP contribution < -0.4 is 5.32 Å². The van der Waals surface area contributed by atoms with Crippen LogP contribution in [0, 0.1) is 0 Å². The van der Waals surface area contributed by atoms with Gasteiger partial charge in [-0.05, 0) is 12.8 Å². The molecule has 0 fully saturated rings. The number of carbonyl (C=O) groups excluding carboxylic acids is 1. The summed E-state index contributed by atoms with van der Waals surface area (Å²) in [6, 6.07) is -0.961. The second kappa shape index (κ2) is 7.84. The van der Waals surface area contributed by atoms with Gasteiger partial charge in [-0.25, -0.2) is 9.59 Å². The lowest BCUT2D eigenvalue weighted by Gasteiger charge is -2.12. The molecule has 0 heterocycles. The van der Waals surface area contributed by atoms with E-state index in [0.717, 1.165) is 12.8 Å². The van der Waals surface area contributed by atoms with E-state index in [9.17, 15) is 9.59 Å². The molecule has 5 heteroatoms. The molecule has 5 nitrogen and oxygen atoms in total. The third kappa shape index (κ3) is 6.54. The summed E-state index contributed by atoms with van der Waals surface area (Å²) in [6.07, 6.45) is 2.61. The van der Waals surface area contributed by atoms with Crippen LogP contribution in [0.4, 0.5) is 4.79 Å². The highest BCUT2D eigenvalue weighted by Crippen LogP contribution is 1.95. The van der Waals surface area contributed by atoms with E-state index in [2.05, 4.69) is 11.9 Å². The lowest BCUT2D eigenvalue weighted by atomic mass is 10.2. The number of ether oxygens (including phenoxy) is 1. The van der Waals surface area contributed by atoms with E-state index in [1.807, 2.05) is 6.92 Å². The topological polar surface area (TPSA) is 75.6 Å². The van der Waals surface area contributed by atoms with Crippen molar-refractivity contribution in [3.8, 4) is 0 Å². The average molecular weight is 215 g/mol. The second-order valence-electron chi connectivity index (χ2n) is 3.05. The zero-order valence-corrected chi connectivity index (χ0v) is 8.86. The van der Waals surface area contributed by atoms with Crippen molar-refractivity contribution in [1.29, 1.82) is 0 Å². The number of hydrogen-bond acceptors (Lipinski definition) is 3. The maximum absolute atomic E-state index is 11.1. The van der Waals surface area contributed by atoms with Gasteiger partial charge in [0.2, 0.25) is 0 Å². The highest BCUT2D eigenvalue weighted by Gasteiger charge is 2.18. The number of rotatable bonds is 7. The minimum atomic E-state index is -1.10. The first-order valence-corrected chi connectivity index (χ1v) is 4.88. The minimum Gasteiger partial charge on any atom is -0.480 e. The molecule has 0 aromatic carbocycles. The van der Waals surface area contributed by atoms with E-state index in [1.165, 1.54) is 6.08 Å². The molecule has 0 bridgehead atoms. The van der Waals surface area contributed by atoms with Gasteiger partial charge in [-0.15, -0.1) is 6.58 Å². The van der Waals surface area contributed by atoms with E-state index in [-0.39, 0.29) is 6.42 Å². The van der Waals surface area contributed by atoms with Crippen molar-refractivity contribution in [2.24, 2.45) is 0 Å². The number of carboxylic acid groups (broad SMARTS) is 1. The number of hydrogen-bond donors (Lipinski definition) is 2. The number of nitrogens with one attached hydrogen (secondary N) is 1. The highest BCUT2D eigenvalue weighted by molar-refractivity contribution is 5.79. The van der Waals surface area contributed by atoms with Gasteiger partial charge in [-0.3, -0.25) is 0 Å². The Labute approximate surface area is 89.1 Å². The molecule has 0 radical (unpaired) electrons. The van der Waals surface area contributed by atoms with Gasteiger partial charge in [0.1, 0.15) is 6.04 Å². The lowest BCUT2D eigenvalue weighted by Crippen LogP contribution is -2.40. The van der Waals surface area contributed by atoms with Crippen LogP contribution in [0.2, 0.25) is 0 Å². The maximum atomic E-state index is 11.1. The Balaban J connectivity index is 3.89. The van der Waals surface area contributed by atoms with Gasteiger partial charge in [-0.1, -0.05) is 19.4 Å². The molecule has 0 aromatic heterocycles. The number of carboxylic acids is 1. The number of amides is 1. The van der Waals surface area contributed by atoms with E-state index in [0.29, 0.717) is 6.61 Å². The van der Waals surface area contributed by atoms with Crippen molar-refractivity contribution in [3.05, 3.63) is 12.7 Å². The molecule has 0 rings (SSSR count). The molecular weight excluding hydrogens is 198 g/mol. The quantitative estimate of drug-likeness (QED) is 0.499. The minimum absolute atomic E-state index is 0.179. The monoisotopic (exact) mass is 215 g/mol. The van der Waals surface area contributed by atoms with Gasteiger partial charge in [0.25, 0.3) is 0 Å². The van der Waals surface area contributed by atoms with Crippen LogP contribution in [0.15, 0.2) is 12.7 Å². The Bertz CT molecular complexity index is 227. The van der Waals surface area contributed by atoms with Crippen molar-refractivity contribution >= 4 is 12.1 Å². The molecule has 0 saturated heterocycles. The summed E-state index contributed by atoms with van der Waals surface area (Å²) in [4.78, 5) is 21.7. The van der Waals surface area contributed by atoms with Crippen LogP contribution in [0.3, 0.4) is 0 Å². The SMILES string of the molecule is C=CCC(NC(=O)OCCCC)C(=O)O. The summed E-state index contributed by atoms with van der Waals surface area (Å²) in [6.45, 7) is 5.69. The Morgan fingerprint density at radius 1 is 1.60 bits per heavy atom. The Morgan fingerprint density at radius 3 is 2.73 bits per heavy atom. The molecule has 1 amide bonds. The van der Waals surface area contributed by atoms with Gasteiger partial charge in [0.15, 0.2) is 0 Å². The third-order valence-corrected chi connectivity index (χ3v) is 1.72. The molecule has 0 aliphatic heterocycles. The van der Waals surface area contributed by atoms with E-state index < -0.39 is 18.1 Å². The normalized spacial score (nSPS) is 11.5. The number of carbonyl (C=O) groups is 2. The predicted octanol–water partition coefficient (Wildman–Crippen LogP) is 1.54. The average Bonchev–Trinajstić information content (AvgIpc) is 2.17. The molecule has 86 valence electrons. The fourth-order valence-corrected chi connectivity index (χ4v) is 0.881. The zero-order valence-electron chi connectivity index (χ0n) is 8.86. The predicted molar refractivity (Wildman–Crippen MR) is 55.6 cm³/mol. The standard InChI is InChI=1S/C10H17NO4/c1-3-5-7-15-10(14)11-8(6-4-2)9(12)13/h4,8H,2-3,5-7H2,1H3,(H,11,14)(H,12,13). The molecule has 15 heavy (non-hydrogen) atoms. The summed E-state index contributed by atoms with van der Waals surface area (Å²) in [5.41, 5.74) is 0. The summed E-state index contributed by atoms with van der Waals surface area (Å²) >= 11 is 0. The number of aliphatic carboxylic acids is 1. The second-order valence-corrected chi connectivity index (χ2v) is 3.05. The zero-order chi connectivity index (χ0) is 11.7. The van der Waals surface area contributed by atoms with Crippen LogP contribution in [-0.2, 0) is 9.53 Å². The van der Waals surface area contributed by atoms with Gasteiger partial charge in [0.05, 0.1) is 6.61 Å². The molecule has 0 aliphatic carbocycles. The molecule has 0 spiro atoms. The van der Waals surface area contributed by atoms with Crippen LogP contribution in [0.1, 0.15) is 26.2 Å². The van der Waals surface area contributed by atoms with Gasteiger partial charge in [-0.2, -0.15) is 0 Å². The summed E-state index contributed by atoms with van der Waals surface area (Å²) in [5.74, 6) is -1.10. The number of alkyl carbamates (subject to hydrolysis) is 1. The fourth-order valence-electron chi connectivity index (χ4n) is 0.881. The first-order chi connectivity index (χ1) is 7.11. The third-order valence-electron chi connectivity index (χ3n) is 1.72.